The summed E-state index contributed by atoms with van der Waals surface area (Å²) in [4.78, 5) is 38.6. The van der Waals surface area contributed by atoms with Crippen LogP contribution in [-0.2, 0) is 17.8 Å². The molecule has 1 aromatic heterocycles. The summed E-state index contributed by atoms with van der Waals surface area (Å²) in [6.07, 6.45) is 4.49. The first kappa shape index (κ1) is 25.9. The topological polar surface area (TPSA) is 97.6 Å². The molecule has 1 fully saturated rings. The van der Waals surface area contributed by atoms with Gasteiger partial charge in [0.05, 0.1) is 11.1 Å². The third-order valence-corrected chi connectivity index (χ3v) is 6.61. The van der Waals surface area contributed by atoms with Crippen LogP contribution in [0.5, 0.6) is 5.75 Å². The lowest BCUT2D eigenvalue weighted by Crippen LogP contribution is -2.43. The van der Waals surface area contributed by atoms with Gasteiger partial charge in [0.25, 0.3) is 5.91 Å². The van der Waals surface area contributed by atoms with Gasteiger partial charge in [-0.1, -0.05) is 44.0 Å². The molecule has 3 rings (SSSR count). The van der Waals surface area contributed by atoms with Gasteiger partial charge in [0.1, 0.15) is 17.1 Å². The molecular weight excluding hydrogens is 463 g/mol. The fraction of sp³-hybridized carbons (Fsp3) is 0.480. The number of rotatable bonds is 10. The Labute approximate surface area is 202 Å². The third-order valence-electron chi connectivity index (χ3n) is 6.32. The van der Waals surface area contributed by atoms with Gasteiger partial charge < -0.3 is 19.7 Å². The van der Waals surface area contributed by atoms with E-state index in [1.165, 1.54) is 22.9 Å². The number of ether oxygens (including phenoxy) is 1. The van der Waals surface area contributed by atoms with Crippen molar-refractivity contribution in [1.82, 2.24) is 9.88 Å². The molecule has 2 aromatic rings. The maximum absolute atomic E-state index is 14.2. The number of halogens is 2. The predicted octanol–water partition coefficient (Wildman–Crippen LogP) is 4.46. The van der Waals surface area contributed by atoms with Gasteiger partial charge in [-0.05, 0) is 30.7 Å². The fourth-order valence-corrected chi connectivity index (χ4v) is 4.58. The van der Waals surface area contributed by atoms with Crippen LogP contribution in [0.15, 0.2) is 29.2 Å². The predicted molar refractivity (Wildman–Crippen MR) is 127 cm³/mol. The molecule has 1 aromatic carbocycles. The minimum atomic E-state index is -0.936. The molecule has 0 atom stereocenters. The smallest absolute Gasteiger partial charge is 0.257 e. The molecule has 1 heterocycles. The lowest BCUT2D eigenvalue weighted by molar-refractivity contribution is -0.0579. The van der Waals surface area contributed by atoms with E-state index in [1.54, 1.807) is 13.2 Å². The minimum Gasteiger partial charge on any atom is -0.503 e. The molecule has 2 N–H and O–H groups in total. The van der Waals surface area contributed by atoms with E-state index in [0.717, 1.165) is 19.3 Å². The van der Waals surface area contributed by atoms with Gasteiger partial charge in [-0.15, -0.1) is 0 Å². The van der Waals surface area contributed by atoms with Crippen LogP contribution >= 0.6 is 11.6 Å². The quantitative estimate of drug-likeness (QED) is 0.477. The maximum atomic E-state index is 14.2. The zero-order valence-corrected chi connectivity index (χ0v) is 20.4. The molecule has 7 nitrogen and oxygen atoms in total. The van der Waals surface area contributed by atoms with E-state index in [0.29, 0.717) is 13.0 Å². The number of carbonyl (C=O) groups excluding carboxylic acids is 2. The van der Waals surface area contributed by atoms with Gasteiger partial charge in [0.15, 0.2) is 11.5 Å². The molecule has 1 aliphatic carbocycles. The number of hydrogen-bond acceptors (Lipinski definition) is 5. The second-order valence-corrected chi connectivity index (χ2v) is 9.60. The third kappa shape index (κ3) is 5.50. The summed E-state index contributed by atoms with van der Waals surface area (Å²) in [7, 11) is 1.64. The summed E-state index contributed by atoms with van der Waals surface area (Å²) in [6.45, 7) is 4.10. The Balaban J connectivity index is 1.93. The fourth-order valence-electron chi connectivity index (χ4n) is 4.39. The zero-order valence-electron chi connectivity index (χ0n) is 19.6. The van der Waals surface area contributed by atoms with E-state index in [9.17, 15) is 23.9 Å². The average Bonchev–Trinajstić information content (AvgIpc) is 2.78. The van der Waals surface area contributed by atoms with Crippen molar-refractivity contribution in [2.75, 3.05) is 7.11 Å². The monoisotopic (exact) mass is 492 g/mol. The molecular formula is C25H30ClFN2O5. The Morgan fingerprint density at radius 3 is 2.71 bits per heavy atom. The molecule has 1 aliphatic rings. The van der Waals surface area contributed by atoms with Crippen LogP contribution in [0, 0.1) is 11.2 Å². The normalized spacial score (nSPS) is 19.5. The van der Waals surface area contributed by atoms with Crippen LogP contribution in [0.1, 0.15) is 72.4 Å². The van der Waals surface area contributed by atoms with Gasteiger partial charge in [0.2, 0.25) is 5.43 Å². The first-order chi connectivity index (χ1) is 16.1. The second-order valence-electron chi connectivity index (χ2n) is 9.20. The zero-order chi connectivity index (χ0) is 25.0. The highest BCUT2D eigenvalue weighted by Crippen LogP contribution is 2.44. The van der Waals surface area contributed by atoms with Crippen LogP contribution in [0.4, 0.5) is 4.39 Å². The molecule has 184 valence electrons. The van der Waals surface area contributed by atoms with Crippen molar-refractivity contribution in [2.24, 2.45) is 5.41 Å². The Kier molecular flexibility index (Phi) is 8.15. The number of nitrogens with one attached hydrogen (secondary N) is 1. The van der Waals surface area contributed by atoms with E-state index in [4.69, 9.17) is 16.3 Å². The highest BCUT2D eigenvalue weighted by molar-refractivity contribution is 6.30. The van der Waals surface area contributed by atoms with Crippen molar-refractivity contribution >= 4 is 23.3 Å². The lowest BCUT2D eigenvalue weighted by Gasteiger charge is -2.45. The van der Waals surface area contributed by atoms with Gasteiger partial charge in [-0.25, -0.2) is 4.39 Å². The van der Waals surface area contributed by atoms with Gasteiger partial charge in [0, 0.05) is 38.4 Å². The Bertz CT molecular complexity index is 1140. The maximum Gasteiger partial charge on any atom is 0.257 e. The van der Waals surface area contributed by atoms with Crippen molar-refractivity contribution < 1.29 is 23.8 Å². The number of benzene rings is 1. The number of Topliss-reactive ketones (excluding diaryl/α,β-unsaturated/α-hetero) is 1. The van der Waals surface area contributed by atoms with Crippen LogP contribution in [0.25, 0.3) is 0 Å². The lowest BCUT2D eigenvalue weighted by atomic mass is 9.68. The van der Waals surface area contributed by atoms with Gasteiger partial charge in [-0.2, -0.15) is 0 Å². The average molecular weight is 493 g/mol. The Morgan fingerprint density at radius 1 is 1.35 bits per heavy atom. The van der Waals surface area contributed by atoms with E-state index in [2.05, 4.69) is 5.32 Å². The number of methoxy groups -OCH3 is 1. The largest absolute Gasteiger partial charge is 0.503 e. The number of carbonyl (C=O) groups is 2. The number of aromatic hydroxyl groups is 1. The molecule has 0 radical (unpaired) electrons. The second kappa shape index (κ2) is 10.7. The highest BCUT2D eigenvalue weighted by Gasteiger charge is 2.41. The molecule has 0 aliphatic heterocycles. The van der Waals surface area contributed by atoms with Crippen LogP contribution < -0.4 is 10.7 Å². The summed E-state index contributed by atoms with van der Waals surface area (Å²) in [5.41, 5.74) is -1.41. The molecule has 0 bridgehead atoms. The van der Waals surface area contributed by atoms with Crippen LogP contribution in [0.2, 0.25) is 5.02 Å². The number of ketones is 1. The number of pyridine rings is 1. The van der Waals surface area contributed by atoms with Crippen molar-refractivity contribution in [2.45, 2.75) is 65.1 Å². The van der Waals surface area contributed by atoms with Crippen molar-refractivity contribution in [1.29, 1.82) is 0 Å². The first-order valence-electron chi connectivity index (χ1n) is 11.3. The summed E-state index contributed by atoms with van der Waals surface area (Å²) < 4.78 is 21.0. The summed E-state index contributed by atoms with van der Waals surface area (Å²) in [6, 6.07) is 4.41. The molecule has 1 saturated carbocycles. The van der Waals surface area contributed by atoms with E-state index in [-0.39, 0.29) is 52.1 Å². The molecule has 0 saturated heterocycles. The molecule has 9 heteroatoms. The van der Waals surface area contributed by atoms with Crippen molar-refractivity contribution in [3.05, 3.63) is 62.3 Å². The Morgan fingerprint density at radius 2 is 2.06 bits per heavy atom. The SMILES string of the molecule is CCCCC(=O)c1c(O)c(=O)c(C(=O)NCc2cccc(Cl)c2F)cn1CC1(C)CC(OC)C1. The Hall–Kier alpha value is -2.71. The number of unbranched alkanes of at least 4 members (excludes halogenated alkanes) is 1. The number of hydrogen-bond donors (Lipinski definition) is 2. The number of amides is 1. The van der Waals surface area contributed by atoms with Crippen molar-refractivity contribution in [3.63, 3.8) is 0 Å². The molecule has 34 heavy (non-hydrogen) atoms. The molecule has 1 amide bonds. The van der Waals surface area contributed by atoms with Crippen LogP contribution in [-0.4, -0.2) is 34.6 Å². The van der Waals surface area contributed by atoms with E-state index >= 15 is 0 Å². The van der Waals surface area contributed by atoms with E-state index < -0.39 is 22.9 Å². The van der Waals surface area contributed by atoms with Gasteiger partial charge in [-0.3, -0.25) is 14.4 Å². The molecule has 0 spiro atoms. The van der Waals surface area contributed by atoms with Crippen LogP contribution in [0.3, 0.4) is 0 Å². The summed E-state index contributed by atoms with van der Waals surface area (Å²) in [5, 5.41) is 13.1. The number of aromatic nitrogens is 1. The van der Waals surface area contributed by atoms with E-state index in [1.807, 2.05) is 13.8 Å². The van der Waals surface area contributed by atoms with Crippen molar-refractivity contribution in [3.8, 4) is 5.75 Å². The summed E-state index contributed by atoms with van der Waals surface area (Å²) in [5.74, 6) is -2.54. The molecule has 0 unspecified atom stereocenters. The number of nitrogens with zero attached hydrogens (tertiary/aromatic N) is 1. The standard InChI is InChI=1S/C25H30ClFN2O5/c1-4-5-9-19(30)21-23(32)22(31)17(13-29(21)14-25(2)10-16(11-25)34-3)24(33)28-12-15-7-6-8-18(26)20(15)27/h6-8,13,16,32H,4-5,9-12,14H2,1-3H3,(H,28,33). The van der Waals surface area contributed by atoms with Gasteiger partial charge >= 0.3 is 0 Å². The minimum absolute atomic E-state index is 0.0789. The highest BCUT2D eigenvalue weighted by atomic mass is 35.5. The summed E-state index contributed by atoms with van der Waals surface area (Å²) >= 11 is 5.78. The first-order valence-corrected chi connectivity index (χ1v) is 11.7.